The van der Waals surface area contributed by atoms with Gasteiger partial charge in [0.05, 0.1) is 18.8 Å². The highest BCUT2D eigenvalue weighted by molar-refractivity contribution is 6.06. The zero-order valence-corrected chi connectivity index (χ0v) is 19.6. The summed E-state index contributed by atoms with van der Waals surface area (Å²) in [5.41, 5.74) is 2.58. The van der Waals surface area contributed by atoms with Crippen molar-refractivity contribution in [3.63, 3.8) is 0 Å². The molecule has 0 aromatic carbocycles. The van der Waals surface area contributed by atoms with E-state index in [1.54, 1.807) is 20.8 Å². The van der Waals surface area contributed by atoms with Crippen molar-refractivity contribution >= 4 is 17.7 Å². The lowest BCUT2D eigenvalue weighted by Crippen LogP contribution is -2.39. The van der Waals surface area contributed by atoms with Gasteiger partial charge in [-0.1, -0.05) is 26.2 Å². The third-order valence-corrected chi connectivity index (χ3v) is 5.62. The van der Waals surface area contributed by atoms with Crippen LogP contribution >= 0.6 is 0 Å². The monoisotopic (exact) mass is 429 g/mol. The van der Waals surface area contributed by atoms with E-state index in [9.17, 15) is 9.59 Å². The molecule has 6 heteroatoms. The highest BCUT2D eigenvalue weighted by atomic mass is 16.5. The SMILES string of the molecule is CCCCCCC[n+]1cccc(C2C(C(=O)OCC)=C(C)N=C(C)C2C(=O)OCC)c1. The number of aryl methyl sites for hydroxylation is 1. The minimum Gasteiger partial charge on any atom is -0.465 e. The lowest BCUT2D eigenvalue weighted by Gasteiger charge is -2.30. The van der Waals surface area contributed by atoms with Crippen LogP contribution in [0.3, 0.4) is 0 Å². The fraction of sp³-hybridized carbons (Fsp3) is 0.600. The van der Waals surface area contributed by atoms with Gasteiger partial charge >= 0.3 is 11.9 Å². The number of esters is 2. The number of nitrogens with zero attached hydrogens (tertiary/aromatic N) is 2. The van der Waals surface area contributed by atoms with Crippen molar-refractivity contribution in [1.82, 2.24) is 0 Å². The molecule has 1 aromatic rings. The predicted molar refractivity (Wildman–Crippen MR) is 121 cm³/mol. The standard InChI is InChI=1S/C25H37N2O4/c1-6-9-10-11-12-15-27-16-13-14-20(17-27)23-21(24(28)30-7-2)18(4)26-19(5)22(23)25(29)31-8-3/h13-14,16-17,21,23H,6-12,15H2,1-5H3/q+1. The highest BCUT2D eigenvalue weighted by Gasteiger charge is 2.43. The van der Waals surface area contributed by atoms with Gasteiger partial charge in [-0.25, -0.2) is 9.36 Å². The number of ether oxygens (including phenoxy) is 2. The second-order valence-electron chi connectivity index (χ2n) is 7.97. The van der Waals surface area contributed by atoms with E-state index in [0.29, 0.717) is 17.0 Å². The van der Waals surface area contributed by atoms with E-state index < -0.39 is 17.8 Å². The fourth-order valence-electron chi connectivity index (χ4n) is 4.17. The summed E-state index contributed by atoms with van der Waals surface area (Å²) in [7, 11) is 0. The van der Waals surface area contributed by atoms with E-state index in [1.807, 2.05) is 31.5 Å². The molecule has 1 aliphatic heterocycles. The van der Waals surface area contributed by atoms with Gasteiger partial charge < -0.3 is 9.47 Å². The van der Waals surface area contributed by atoms with Crippen molar-refractivity contribution in [2.24, 2.45) is 10.9 Å². The first kappa shape index (κ1) is 24.8. The molecular formula is C25H37N2O4+. The van der Waals surface area contributed by atoms with Crippen LogP contribution in [0, 0.1) is 5.92 Å². The average Bonchev–Trinajstić information content (AvgIpc) is 2.73. The molecule has 2 rings (SSSR count). The molecule has 0 amide bonds. The summed E-state index contributed by atoms with van der Waals surface area (Å²) in [5.74, 6) is -1.92. The Bertz CT molecular complexity index is 829. The second-order valence-corrected chi connectivity index (χ2v) is 7.97. The predicted octanol–water partition coefficient (Wildman–Crippen LogP) is 4.52. The molecular weight excluding hydrogens is 392 g/mol. The van der Waals surface area contributed by atoms with Gasteiger partial charge in [-0.3, -0.25) is 9.79 Å². The lowest BCUT2D eigenvalue weighted by molar-refractivity contribution is -0.697. The van der Waals surface area contributed by atoms with Gasteiger partial charge in [0.25, 0.3) is 0 Å². The molecule has 2 unspecified atom stereocenters. The Morgan fingerprint density at radius 1 is 1.03 bits per heavy atom. The van der Waals surface area contributed by atoms with Gasteiger partial charge in [0.1, 0.15) is 12.5 Å². The smallest absolute Gasteiger partial charge is 0.336 e. The topological polar surface area (TPSA) is 68.8 Å². The number of rotatable bonds is 11. The molecule has 31 heavy (non-hydrogen) atoms. The van der Waals surface area contributed by atoms with Crippen LogP contribution < -0.4 is 4.57 Å². The zero-order chi connectivity index (χ0) is 22.8. The highest BCUT2D eigenvalue weighted by Crippen LogP contribution is 2.39. The van der Waals surface area contributed by atoms with E-state index >= 15 is 0 Å². The van der Waals surface area contributed by atoms with Crippen LogP contribution in [-0.4, -0.2) is 30.9 Å². The molecule has 0 radical (unpaired) electrons. The molecule has 0 spiro atoms. The van der Waals surface area contributed by atoms with Crippen LogP contribution in [0.2, 0.25) is 0 Å². The summed E-state index contributed by atoms with van der Waals surface area (Å²) < 4.78 is 12.8. The van der Waals surface area contributed by atoms with Crippen LogP contribution in [0.25, 0.3) is 0 Å². The van der Waals surface area contributed by atoms with Crippen LogP contribution in [0.15, 0.2) is 40.8 Å². The van der Waals surface area contributed by atoms with E-state index in [4.69, 9.17) is 9.47 Å². The molecule has 0 N–H and O–H groups in total. The Balaban J connectivity index is 2.41. The number of hydrogen-bond donors (Lipinski definition) is 0. The number of pyridine rings is 1. The van der Waals surface area contributed by atoms with Gasteiger partial charge in [-0.15, -0.1) is 0 Å². The Morgan fingerprint density at radius 3 is 2.42 bits per heavy atom. The van der Waals surface area contributed by atoms with Crippen LogP contribution in [-0.2, 0) is 25.6 Å². The molecule has 2 heterocycles. The number of carbonyl (C=O) groups excluding carboxylic acids is 2. The quantitative estimate of drug-likeness (QED) is 0.295. The van der Waals surface area contributed by atoms with E-state index in [0.717, 1.165) is 18.5 Å². The van der Waals surface area contributed by atoms with E-state index in [1.165, 1.54) is 25.7 Å². The van der Waals surface area contributed by atoms with Crippen LogP contribution in [0.1, 0.15) is 78.2 Å². The minimum atomic E-state index is -0.650. The Labute approximate surface area is 186 Å². The molecule has 1 aliphatic rings. The normalized spacial score (nSPS) is 18.5. The number of carbonyl (C=O) groups is 2. The summed E-state index contributed by atoms with van der Waals surface area (Å²) >= 11 is 0. The van der Waals surface area contributed by atoms with Crippen molar-refractivity contribution in [2.45, 2.75) is 79.2 Å². The Morgan fingerprint density at radius 2 is 1.74 bits per heavy atom. The van der Waals surface area contributed by atoms with Crippen molar-refractivity contribution in [3.05, 3.63) is 41.4 Å². The molecule has 170 valence electrons. The minimum absolute atomic E-state index is 0.266. The maximum Gasteiger partial charge on any atom is 0.336 e. The zero-order valence-electron chi connectivity index (χ0n) is 19.6. The molecule has 2 atom stereocenters. The first-order chi connectivity index (χ1) is 14.9. The average molecular weight is 430 g/mol. The summed E-state index contributed by atoms with van der Waals surface area (Å²) in [4.78, 5) is 30.3. The number of hydrogen-bond acceptors (Lipinski definition) is 5. The van der Waals surface area contributed by atoms with Crippen LogP contribution in [0.4, 0.5) is 0 Å². The van der Waals surface area contributed by atoms with Gasteiger partial charge in [0.15, 0.2) is 12.4 Å². The van der Waals surface area contributed by atoms with Crippen molar-refractivity contribution in [2.75, 3.05) is 13.2 Å². The molecule has 0 fully saturated rings. The van der Waals surface area contributed by atoms with E-state index in [-0.39, 0.29) is 19.2 Å². The van der Waals surface area contributed by atoms with Crippen molar-refractivity contribution in [3.8, 4) is 0 Å². The van der Waals surface area contributed by atoms with Crippen LogP contribution in [0.5, 0.6) is 0 Å². The summed E-state index contributed by atoms with van der Waals surface area (Å²) in [6.45, 7) is 10.8. The van der Waals surface area contributed by atoms with Crippen molar-refractivity contribution in [1.29, 1.82) is 0 Å². The van der Waals surface area contributed by atoms with Gasteiger partial charge in [0.2, 0.25) is 0 Å². The number of aliphatic imine (C=N–C) groups is 1. The maximum atomic E-state index is 12.9. The first-order valence-electron chi connectivity index (χ1n) is 11.5. The number of aromatic nitrogens is 1. The molecule has 0 aliphatic carbocycles. The molecule has 0 saturated heterocycles. The van der Waals surface area contributed by atoms with Gasteiger partial charge in [-0.2, -0.15) is 0 Å². The molecule has 0 bridgehead atoms. The summed E-state index contributed by atoms with van der Waals surface area (Å²) in [5, 5.41) is 0. The third kappa shape index (κ3) is 6.49. The Hall–Kier alpha value is -2.50. The van der Waals surface area contributed by atoms with E-state index in [2.05, 4.69) is 16.5 Å². The largest absolute Gasteiger partial charge is 0.465 e. The molecule has 6 nitrogen and oxygen atoms in total. The van der Waals surface area contributed by atoms with Gasteiger partial charge in [0, 0.05) is 35.4 Å². The number of unbranched alkanes of at least 4 members (excludes halogenated alkanes) is 4. The molecule has 0 saturated carbocycles. The van der Waals surface area contributed by atoms with Gasteiger partial charge in [-0.05, 0) is 40.2 Å². The fourth-order valence-corrected chi connectivity index (χ4v) is 4.17. The third-order valence-electron chi connectivity index (χ3n) is 5.62. The second kappa shape index (κ2) is 12.4. The lowest BCUT2D eigenvalue weighted by atomic mass is 9.76. The molecule has 1 aromatic heterocycles. The summed E-state index contributed by atoms with van der Waals surface area (Å²) in [6, 6.07) is 3.94. The summed E-state index contributed by atoms with van der Waals surface area (Å²) in [6.07, 6.45) is 10.1. The van der Waals surface area contributed by atoms with Crippen molar-refractivity contribution < 1.29 is 23.6 Å². The Kier molecular flexibility index (Phi) is 9.89. The maximum absolute atomic E-state index is 12.9. The number of allylic oxidation sites excluding steroid dienone is 1. The first-order valence-corrected chi connectivity index (χ1v) is 11.5.